The average Bonchev–Trinajstić information content (AvgIpc) is 3.15. The largest absolute Gasteiger partial charge is 0.435 e. The summed E-state index contributed by atoms with van der Waals surface area (Å²) in [6.07, 6.45) is 0. The van der Waals surface area contributed by atoms with Gasteiger partial charge in [0, 0.05) is 16.7 Å². The van der Waals surface area contributed by atoms with Gasteiger partial charge in [-0.05, 0) is 24.3 Å². The van der Waals surface area contributed by atoms with Crippen LogP contribution >= 0.6 is 0 Å². The van der Waals surface area contributed by atoms with Gasteiger partial charge in [0.15, 0.2) is 11.5 Å². The Morgan fingerprint density at radius 2 is 1.38 bits per heavy atom. The fourth-order valence-electron chi connectivity index (χ4n) is 2.70. The smallest absolute Gasteiger partial charge is 0.227 e. The van der Waals surface area contributed by atoms with E-state index >= 15 is 0 Å². The molecule has 4 rings (SSSR count). The lowest BCUT2D eigenvalue weighted by Gasteiger charge is -2.00. The lowest BCUT2D eigenvalue weighted by molar-refractivity contribution is 0.103. The number of ketones is 1. The Hall–Kier alpha value is -3.53. The molecule has 26 heavy (non-hydrogen) atoms. The predicted octanol–water partition coefficient (Wildman–Crippen LogP) is 5.38. The van der Waals surface area contributed by atoms with Crippen molar-refractivity contribution in [2.45, 2.75) is 0 Å². The van der Waals surface area contributed by atoms with E-state index in [9.17, 15) is 9.18 Å². The Labute approximate surface area is 149 Å². The van der Waals surface area contributed by atoms with Gasteiger partial charge in [0.25, 0.3) is 0 Å². The maximum absolute atomic E-state index is 13.2. The van der Waals surface area contributed by atoms with Crippen molar-refractivity contribution in [1.29, 1.82) is 0 Å². The van der Waals surface area contributed by atoms with Crippen LogP contribution in [-0.4, -0.2) is 10.8 Å². The van der Waals surface area contributed by atoms with E-state index in [1.54, 1.807) is 36.4 Å². The van der Waals surface area contributed by atoms with E-state index in [-0.39, 0.29) is 23.2 Å². The molecule has 0 atom stereocenters. The van der Waals surface area contributed by atoms with Gasteiger partial charge in [-0.2, -0.15) is 0 Å². The fraction of sp³-hybridized carbons (Fsp3) is 0. The van der Waals surface area contributed by atoms with Gasteiger partial charge in [-0.3, -0.25) is 4.79 Å². The quantitative estimate of drug-likeness (QED) is 0.467. The van der Waals surface area contributed by atoms with E-state index in [0.29, 0.717) is 16.9 Å². The molecule has 3 nitrogen and oxygen atoms in total. The van der Waals surface area contributed by atoms with Crippen LogP contribution in [0.25, 0.3) is 22.8 Å². The van der Waals surface area contributed by atoms with Gasteiger partial charge in [0.05, 0.1) is 0 Å². The topological polar surface area (TPSA) is 43.1 Å². The summed E-state index contributed by atoms with van der Waals surface area (Å²) in [5.41, 5.74) is 2.13. The molecule has 0 aliphatic rings. The van der Waals surface area contributed by atoms with Gasteiger partial charge in [0.1, 0.15) is 5.82 Å². The van der Waals surface area contributed by atoms with E-state index in [1.807, 2.05) is 36.4 Å². The summed E-state index contributed by atoms with van der Waals surface area (Å²) in [7, 11) is 0. The number of nitrogens with zero attached hydrogens (tertiary/aromatic N) is 1. The molecule has 4 heteroatoms. The summed E-state index contributed by atoms with van der Waals surface area (Å²) in [5.74, 6) is 0.118. The third-order valence-corrected chi connectivity index (χ3v) is 4.01. The summed E-state index contributed by atoms with van der Waals surface area (Å²) in [6.45, 7) is 0. The van der Waals surface area contributed by atoms with Crippen LogP contribution in [0.5, 0.6) is 0 Å². The van der Waals surface area contributed by atoms with Gasteiger partial charge in [-0.1, -0.05) is 60.7 Å². The SMILES string of the molecule is O=C(c1ccccc1)c1nc(-c2ccc(F)cc2)oc1-c1ccccc1. The maximum atomic E-state index is 13.2. The van der Waals surface area contributed by atoms with Crippen LogP contribution in [-0.2, 0) is 0 Å². The molecule has 0 amide bonds. The molecule has 0 spiro atoms. The normalized spacial score (nSPS) is 10.7. The second kappa shape index (κ2) is 6.76. The van der Waals surface area contributed by atoms with E-state index in [4.69, 9.17) is 4.42 Å². The second-order valence-electron chi connectivity index (χ2n) is 5.76. The number of oxazole rings is 1. The number of aromatic nitrogens is 1. The van der Waals surface area contributed by atoms with Crippen molar-refractivity contribution < 1.29 is 13.6 Å². The van der Waals surface area contributed by atoms with E-state index in [0.717, 1.165) is 5.56 Å². The molecule has 1 aromatic heterocycles. The molecule has 0 aliphatic carbocycles. The molecule has 0 radical (unpaired) electrons. The molecule has 126 valence electrons. The Morgan fingerprint density at radius 1 is 0.769 bits per heavy atom. The summed E-state index contributed by atoms with van der Waals surface area (Å²) < 4.78 is 19.1. The maximum Gasteiger partial charge on any atom is 0.227 e. The van der Waals surface area contributed by atoms with Crippen molar-refractivity contribution in [3.8, 4) is 22.8 Å². The van der Waals surface area contributed by atoms with Crippen molar-refractivity contribution >= 4 is 5.78 Å². The summed E-state index contributed by atoms with van der Waals surface area (Å²) in [4.78, 5) is 17.4. The Morgan fingerprint density at radius 3 is 2.04 bits per heavy atom. The molecule has 3 aromatic carbocycles. The number of hydrogen-bond acceptors (Lipinski definition) is 3. The monoisotopic (exact) mass is 343 g/mol. The highest BCUT2D eigenvalue weighted by atomic mass is 19.1. The van der Waals surface area contributed by atoms with Crippen LogP contribution in [0.3, 0.4) is 0 Å². The van der Waals surface area contributed by atoms with Crippen molar-refractivity contribution in [3.63, 3.8) is 0 Å². The standard InChI is InChI=1S/C22H14FNO2/c23-18-13-11-17(12-14-18)22-24-19(20(25)15-7-3-1-4-8-15)21(26-22)16-9-5-2-6-10-16/h1-14H. The van der Waals surface area contributed by atoms with Crippen LogP contribution in [0.1, 0.15) is 16.1 Å². The molecular weight excluding hydrogens is 329 g/mol. The predicted molar refractivity (Wildman–Crippen MR) is 97.2 cm³/mol. The Kier molecular flexibility index (Phi) is 4.15. The third-order valence-electron chi connectivity index (χ3n) is 4.01. The van der Waals surface area contributed by atoms with Crippen LogP contribution in [0.15, 0.2) is 89.3 Å². The van der Waals surface area contributed by atoms with Crippen molar-refractivity contribution in [3.05, 3.63) is 102 Å². The average molecular weight is 343 g/mol. The van der Waals surface area contributed by atoms with Crippen LogP contribution in [0.4, 0.5) is 4.39 Å². The van der Waals surface area contributed by atoms with Crippen molar-refractivity contribution in [1.82, 2.24) is 4.98 Å². The van der Waals surface area contributed by atoms with Crippen molar-refractivity contribution in [2.75, 3.05) is 0 Å². The molecule has 1 heterocycles. The number of carbonyl (C=O) groups excluding carboxylic acids is 1. The second-order valence-corrected chi connectivity index (χ2v) is 5.76. The first-order valence-corrected chi connectivity index (χ1v) is 8.14. The molecule has 0 unspecified atom stereocenters. The number of hydrogen-bond donors (Lipinski definition) is 0. The first-order valence-electron chi connectivity index (χ1n) is 8.14. The number of benzene rings is 3. The van der Waals surface area contributed by atoms with Crippen LogP contribution in [0.2, 0.25) is 0 Å². The zero-order valence-corrected chi connectivity index (χ0v) is 13.7. The summed E-state index contributed by atoms with van der Waals surface area (Å²) >= 11 is 0. The minimum Gasteiger partial charge on any atom is -0.435 e. The molecule has 0 saturated carbocycles. The summed E-state index contributed by atoms with van der Waals surface area (Å²) in [5, 5.41) is 0. The van der Waals surface area contributed by atoms with E-state index < -0.39 is 0 Å². The minimum absolute atomic E-state index is 0.221. The van der Waals surface area contributed by atoms with Crippen LogP contribution in [0, 0.1) is 5.82 Å². The lowest BCUT2D eigenvalue weighted by Crippen LogP contribution is -2.03. The molecule has 4 aromatic rings. The molecule has 0 N–H and O–H groups in total. The minimum atomic E-state index is -0.343. The highest BCUT2D eigenvalue weighted by Crippen LogP contribution is 2.31. The zero-order valence-electron chi connectivity index (χ0n) is 13.7. The third kappa shape index (κ3) is 3.05. The fourth-order valence-corrected chi connectivity index (χ4v) is 2.70. The van der Waals surface area contributed by atoms with E-state index in [1.165, 1.54) is 12.1 Å². The lowest BCUT2D eigenvalue weighted by atomic mass is 10.0. The number of rotatable bonds is 4. The molecule has 0 aliphatic heterocycles. The van der Waals surface area contributed by atoms with Gasteiger partial charge in [-0.25, -0.2) is 9.37 Å². The Bertz CT molecular complexity index is 1040. The first kappa shape index (κ1) is 16.0. The Balaban J connectivity index is 1.86. The highest BCUT2D eigenvalue weighted by Gasteiger charge is 2.23. The zero-order chi connectivity index (χ0) is 17.9. The number of carbonyl (C=O) groups is 1. The molecule has 0 fully saturated rings. The molecular formula is C22H14FNO2. The first-order chi connectivity index (χ1) is 12.7. The van der Waals surface area contributed by atoms with Gasteiger partial charge >= 0.3 is 0 Å². The number of halogens is 1. The van der Waals surface area contributed by atoms with E-state index in [2.05, 4.69) is 4.98 Å². The molecule has 0 bridgehead atoms. The van der Waals surface area contributed by atoms with Crippen molar-refractivity contribution in [2.24, 2.45) is 0 Å². The van der Waals surface area contributed by atoms with Gasteiger partial charge in [-0.15, -0.1) is 0 Å². The highest BCUT2D eigenvalue weighted by molar-refractivity contribution is 6.11. The van der Waals surface area contributed by atoms with Gasteiger partial charge < -0.3 is 4.42 Å². The van der Waals surface area contributed by atoms with Gasteiger partial charge in [0.2, 0.25) is 11.7 Å². The molecule has 0 saturated heterocycles. The summed E-state index contributed by atoms with van der Waals surface area (Å²) in [6, 6.07) is 24.1. The van der Waals surface area contributed by atoms with Crippen LogP contribution < -0.4 is 0 Å².